The van der Waals surface area contributed by atoms with Gasteiger partial charge >= 0.3 is 0 Å². The fraction of sp³-hybridized carbons (Fsp3) is 0.241. The summed E-state index contributed by atoms with van der Waals surface area (Å²) in [7, 11) is -1.21. The zero-order valence-corrected chi connectivity index (χ0v) is 20.5. The maximum Gasteiger partial charge on any atom is 0.102 e. The lowest BCUT2D eigenvalue weighted by molar-refractivity contribution is 0.597. The third-order valence-corrected chi connectivity index (χ3v) is 7.10. The summed E-state index contributed by atoms with van der Waals surface area (Å²) < 4.78 is 15.7. The zero-order chi connectivity index (χ0) is 24.1. The Labute approximate surface area is 202 Å². The number of nitrogens with one attached hydrogen (secondary N) is 1. The SMILES string of the molecule is C=CC[C@H](N)c1ccccc1.C=CC[C@H](N[S@](=O)C(C)(C)c1ccccc1)c1ccccc1. The molecule has 174 valence electrons. The van der Waals surface area contributed by atoms with E-state index < -0.39 is 15.7 Å². The maximum atomic E-state index is 12.9. The smallest absolute Gasteiger partial charge is 0.102 e. The van der Waals surface area contributed by atoms with E-state index in [9.17, 15) is 4.21 Å². The fourth-order valence-electron chi connectivity index (χ4n) is 3.34. The molecule has 0 radical (unpaired) electrons. The Morgan fingerprint density at radius 1 is 0.818 bits per heavy atom. The molecule has 3 aromatic carbocycles. The van der Waals surface area contributed by atoms with Crippen molar-refractivity contribution < 1.29 is 4.21 Å². The maximum absolute atomic E-state index is 12.9. The summed E-state index contributed by atoms with van der Waals surface area (Å²) in [5.41, 5.74) is 9.19. The van der Waals surface area contributed by atoms with Gasteiger partial charge in [0.1, 0.15) is 11.0 Å². The van der Waals surface area contributed by atoms with Crippen molar-refractivity contribution >= 4 is 11.0 Å². The molecule has 0 heterocycles. The van der Waals surface area contributed by atoms with Gasteiger partial charge in [-0.15, -0.1) is 13.2 Å². The quantitative estimate of drug-likeness (QED) is 0.329. The van der Waals surface area contributed by atoms with Crippen LogP contribution in [0.2, 0.25) is 0 Å². The van der Waals surface area contributed by atoms with Crippen molar-refractivity contribution in [2.75, 3.05) is 0 Å². The summed E-state index contributed by atoms with van der Waals surface area (Å²) >= 11 is 0. The van der Waals surface area contributed by atoms with Crippen LogP contribution in [0.3, 0.4) is 0 Å². The Morgan fingerprint density at radius 2 is 1.27 bits per heavy atom. The van der Waals surface area contributed by atoms with Crippen molar-refractivity contribution in [1.82, 2.24) is 4.72 Å². The monoisotopic (exact) mass is 460 g/mol. The van der Waals surface area contributed by atoms with E-state index in [1.54, 1.807) is 0 Å². The van der Waals surface area contributed by atoms with Crippen molar-refractivity contribution in [3.05, 3.63) is 133 Å². The molecule has 0 saturated heterocycles. The van der Waals surface area contributed by atoms with Crippen molar-refractivity contribution in [2.24, 2.45) is 5.73 Å². The lowest BCUT2D eigenvalue weighted by Crippen LogP contribution is -2.36. The van der Waals surface area contributed by atoms with Crippen molar-refractivity contribution in [3.8, 4) is 0 Å². The van der Waals surface area contributed by atoms with Crippen LogP contribution in [-0.2, 0) is 15.7 Å². The Kier molecular flexibility index (Phi) is 11.0. The van der Waals surface area contributed by atoms with E-state index in [1.807, 2.05) is 117 Å². The highest BCUT2D eigenvalue weighted by molar-refractivity contribution is 7.84. The summed E-state index contributed by atoms with van der Waals surface area (Å²) in [6, 6.07) is 30.2. The standard InChI is InChI=1S/C19H23NOS.C10H13N/c1-4-11-18(16-12-7-5-8-13-16)20-22(21)19(2,3)17-14-9-6-10-15-17;1-2-6-10(11)9-7-4-3-5-8-9/h4-10,12-15,18,20H,1,11H2,2-3H3;2-5,7-8,10H,1,6,11H2/t18-,22+;10-/m00/s1. The van der Waals surface area contributed by atoms with E-state index in [1.165, 1.54) is 5.56 Å². The fourth-order valence-corrected chi connectivity index (χ4v) is 4.48. The normalized spacial score (nSPS) is 13.7. The third-order valence-electron chi connectivity index (χ3n) is 5.43. The highest BCUT2D eigenvalue weighted by Crippen LogP contribution is 2.28. The first kappa shape index (κ1) is 26.5. The number of benzene rings is 3. The van der Waals surface area contributed by atoms with Crippen LogP contribution in [0.4, 0.5) is 0 Å². The first-order valence-corrected chi connectivity index (χ1v) is 12.4. The molecule has 3 nitrogen and oxygen atoms in total. The van der Waals surface area contributed by atoms with Crippen molar-refractivity contribution in [2.45, 2.75) is 43.5 Å². The predicted molar refractivity (Wildman–Crippen MR) is 143 cm³/mol. The summed E-state index contributed by atoms with van der Waals surface area (Å²) in [5.74, 6) is 0. The van der Waals surface area contributed by atoms with Crippen LogP contribution in [-0.4, -0.2) is 4.21 Å². The Bertz CT molecular complexity index is 988. The van der Waals surface area contributed by atoms with Crippen LogP contribution in [0, 0.1) is 0 Å². The predicted octanol–water partition coefficient (Wildman–Crippen LogP) is 6.75. The lowest BCUT2D eigenvalue weighted by atomic mass is 10.0. The van der Waals surface area contributed by atoms with E-state index in [-0.39, 0.29) is 12.1 Å². The molecular formula is C29H36N2OS. The molecule has 0 spiro atoms. The number of rotatable bonds is 10. The molecule has 4 heteroatoms. The molecule has 0 aliphatic heterocycles. The Morgan fingerprint density at radius 3 is 1.76 bits per heavy atom. The highest BCUT2D eigenvalue weighted by Gasteiger charge is 2.30. The van der Waals surface area contributed by atoms with E-state index in [0.29, 0.717) is 0 Å². The topological polar surface area (TPSA) is 55.1 Å². The van der Waals surface area contributed by atoms with Gasteiger partial charge in [0.15, 0.2) is 0 Å². The first-order valence-electron chi connectivity index (χ1n) is 11.2. The molecule has 0 fully saturated rings. The molecule has 0 aliphatic rings. The highest BCUT2D eigenvalue weighted by atomic mass is 32.2. The van der Waals surface area contributed by atoms with E-state index >= 15 is 0 Å². The molecule has 0 bridgehead atoms. The van der Waals surface area contributed by atoms with Gasteiger partial charge in [-0.3, -0.25) is 0 Å². The minimum absolute atomic E-state index is 0.00233. The van der Waals surface area contributed by atoms with Gasteiger partial charge in [0, 0.05) is 12.1 Å². The van der Waals surface area contributed by atoms with Crippen LogP contribution < -0.4 is 10.5 Å². The molecule has 0 aromatic heterocycles. The molecule has 0 saturated carbocycles. The summed E-state index contributed by atoms with van der Waals surface area (Å²) in [6.07, 6.45) is 5.28. The second-order valence-corrected chi connectivity index (χ2v) is 10.1. The summed E-state index contributed by atoms with van der Waals surface area (Å²) in [6.45, 7) is 11.5. The van der Waals surface area contributed by atoms with Gasteiger partial charge in [-0.25, -0.2) is 8.93 Å². The molecule has 3 N–H and O–H groups in total. The molecule has 0 amide bonds. The number of nitrogens with two attached hydrogens (primary N) is 1. The minimum Gasteiger partial charge on any atom is -0.324 e. The third kappa shape index (κ3) is 8.25. The Balaban J connectivity index is 0.000000294. The van der Waals surface area contributed by atoms with Gasteiger partial charge < -0.3 is 5.73 Å². The van der Waals surface area contributed by atoms with Gasteiger partial charge in [-0.1, -0.05) is 103 Å². The van der Waals surface area contributed by atoms with E-state index in [4.69, 9.17) is 5.73 Å². The van der Waals surface area contributed by atoms with Gasteiger partial charge in [-0.05, 0) is 43.4 Å². The minimum atomic E-state index is -1.21. The van der Waals surface area contributed by atoms with Crippen LogP contribution in [0.1, 0.15) is 55.5 Å². The molecule has 0 aliphatic carbocycles. The van der Waals surface area contributed by atoms with Crippen LogP contribution in [0.5, 0.6) is 0 Å². The summed E-state index contributed by atoms with van der Waals surface area (Å²) in [4.78, 5) is 0. The Hall–Kier alpha value is -2.79. The lowest BCUT2D eigenvalue weighted by Gasteiger charge is -2.28. The van der Waals surface area contributed by atoms with Crippen LogP contribution in [0.15, 0.2) is 116 Å². The second kappa shape index (κ2) is 13.7. The second-order valence-electron chi connectivity index (χ2n) is 8.29. The average Bonchev–Trinajstić information content (AvgIpc) is 2.86. The molecular weight excluding hydrogens is 424 g/mol. The molecule has 33 heavy (non-hydrogen) atoms. The number of hydrogen-bond acceptors (Lipinski definition) is 2. The van der Waals surface area contributed by atoms with E-state index in [2.05, 4.69) is 17.9 Å². The zero-order valence-electron chi connectivity index (χ0n) is 19.7. The van der Waals surface area contributed by atoms with Crippen LogP contribution >= 0.6 is 0 Å². The van der Waals surface area contributed by atoms with Gasteiger partial charge in [0.05, 0.1) is 4.75 Å². The van der Waals surface area contributed by atoms with E-state index in [0.717, 1.165) is 24.0 Å². The average molecular weight is 461 g/mol. The first-order chi connectivity index (χ1) is 15.9. The molecule has 3 atom stereocenters. The van der Waals surface area contributed by atoms with Gasteiger partial charge in [-0.2, -0.15) is 0 Å². The van der Waals surface area contributed by atoms with Crippen molar-refractivity contribution in [3.63, 3.8) is 0 Å². The van der Waals surface area contributed by atoms with Gasteiger partial charge in [0.2, 0.25) is 0 Å². The summed E-state index contributed by atoms with van der Waals surface area (Å²) in [5, 5.41) is 0. The van der Waals surface area contributed by atoms with Gasteiger partial charge in [0.25, 0.3) is 0 Å². The largest absolute Gasteiger partial charge is 0.324 e. The number of hydrogen-bond donors (Lipinski definition) is 2. The molecule has 0 unspecified atom stereocenters. The molecule has 3 rings (SSSR count). The molecule has 3 aromatic rings. The van der Waals surface area contributed by atoms with Crippen molar-refractivity contribution in [1.29, 1.82) is 0 Å². The van der Waals surface area contributed by atoms with Crippen LogP contribution in [0.25, 0.3) is 0 Å².